The van der Waals surface area contributed by atoms with Gasteiger partial charge in [-0.2, -0.15) is 0 Å². The van der Waals surface area contributed by atoms with E-state index < -0.39 is 0 Å². The van der Waals surface area contributed by atoms with Crippen molar-refractivity contribution in [3.63, 3.8) is 0 Å². The van der Waals surface area contributed by atoms with Crippen LogP contribution in [0, 0.1) is 10.5 Å². The highest BCUT2D eigenvalue weighted by Gasteiger charge is 2.14. The topological polar surface area (TPSA) is 37.8 Å². The van der Waals surface area contributed by atoms with Gasteiger partial charge in [0, 0.05) is 12.6 Å². The van der Waals surface area contributed by atoms with Gasteiger partial charge in [0.05, 0.1) is 9.26 Å². The molecule has 0 saturated carbocycles. The van der Waals surface area contributed by atoms with Crippen molar-refractivity contribution in [2.75, 3.05) is 12.4 Å². The quantitative estimate of drug-likeness (QED) is 0.784. The second-order valence-corrected chi connectivity index (χ2v) is 6.95. The summed E-state index contributed by atoms with van der Waals surface area (Å²) in [6.45, 7) is 8.66. The van der Waals surface area contributed by atoms with Crippen molar-refractivity contribution in [2.45, 2.75) is 33.1 Å². The van der Waals surface area contributed by atoms with E-state index in [1.165, 1.54) is 5.56 Å². The summed E-state index contributed by atoms with van der Waals surface area (Å²) >= 11 is 2.27. The smallest absolute Gasteiger partial charge is 0.161 e. The number of rotatable bonds is 2. The van der Waals surface area contributed by atoms with Crippen molar-refractivity contribution in [1.29, 1.82) is 0 Å². The number of aromatic nitrogens is 2. The second kappa shape index (κ2) is 5.68. The van der Waals surface area contributed by atoms with Crippen LogP contribution in [0.15, 0.2) is 24.3 Å². The third-order valence-corrected chi connectivity index (χ3v) is 4.55. The van der Waals surface area contributed by atoms with Gasteiger partial charge in [-0.15, -0.1) is 0 Å². The maximum absolute atomic E-state index is 4.58. The highest BCUT2D eigenvalue weighted by molar-refractivity contribution is 14.1. The van der Waals surface area contributed by atoms with Crippen molar-refractivity contribution in [1.82, 2.24) is 9.97 Å². The number of nitrogens with one attached hydrogen (secondary N) is 1. The molecule has 20 heavy (non-hydrogen) atoms. The zero-order chi connectivity index (χ0) is 14.9. The summed E-state index contributed by atoms with van der Waals surface area (Å²) in [6.07, 6.45) is 0. The summed E-state index contributed by atoms with van der Waals surface area (Å²) in [7, 11) is 1.89. The van der Waals surface area contributed by atoms with Crippen molar-refractivity contribution >= 4 is 28.4 Å². The van der Waals surface area contributed by atoms with Crippen LogP contribution in [0.4, 0.5) is 5.82 Å². The van der Waals surface area contributed by atoms with Crippen LogP contribution in [-0.2, 0) is 5.41 Å². The number of nitrogens with zero attached hydrogens (tertiary/aromatic N) is 2. The maximum Gasteiger partial charge on any atom is 0.161 e. The van der Waals surface area contributed by atoms with Crippen molar-refractivity contribution in [2.24, 2.45) is 0 Å². The molecule has 1 aromatic heterocycles. The van der Waals surface area contributed by atoms with E-state index in [1.807, 2.05) is 14.0 Å². The molecule has 0 fully saturated rings. The van der Waals surface area contributed by atoms with Gasteiger partial charge < -0.3 is 5.32 Å². The molecule has 1 N–H and O–H groups in total. The summed E-state index contributed by atoms with van der Waals surface area (Å²) in [4.78, 5) is 9.17. The summed E-state index contributed by atoms with van der Waals surface area (Å²) < 4.78 is 1.07. The average Bonchev–Trinajstić information content (AvgIpc) is 2.41. The lowest BCUT2D eigenvalue weighted by molar-refractivity contribution is 0.590. The standard InChI is InChI=1S/C16H20IN3/c1-10-13(17)15(18-5)20-14(19-10)11-6-8-12(9-7-11)16(2,3)4/h6-9H,1-5H3,(H,18,19,20). The molecule has 0 bridgehead atoms. The summed E-state index contributed by atoms with van der Waals surface area (Å²) in [5, 5.41) is 3.12. The van der Waals surface area contributed by atoms with Crippen LogP contribution >= 0.6 is 22.6 Å². The second-order valence-electron chi connectivity index (χ2n) is 5.87. The zero-order valence-electron chi connectivity index (χ0n) is 12.6. The van der Waals surface area contributed by atoms with Crippen LogP contribution < -0.4 is 5.32 Å². The van der Waals surface area contributed by atoms with Gasteiger partial charge in [-0.3, -0.25) is 0 Å². The Hall–Kier alpha value is -1.17. The van der Waals surface area contributed by atoms with Crippen LogP contribution in [0.1, 0.15) is 32.0 Å². The summed E-state index contributed by atoms with van der Waals surface area (Å²) in [6, 6.07) is 8.51. The van der Waals surface area contributed by atoms with Gasteiger partial charge in [0.25, 0.3) is 0 Å². The third kappa shape index (κ3) is 3.11. The van der Waals surface area contributed by atoms with Crippen LogP contribution in [-0.4, -0.2) is 17.0 Å². The first-order valence-electron chi connectivity index (χ1n) is 6.65. The van der Waals surface area contributed by atoms with E-state index in [2.05, 4.69) is 82.9 Å². The lowest BCUT2D eigenvalue weighted by Crippen LogP contribution is -2.10. The molecule has 0 unspecified atom stereocenters. The van der Waals surface area contributed by atoms with Gasteiger partial charge in [0.2, 0.25) is 0 Å². The van der Waals surface area contributed by atoms with Crippen molar-refractivity contribution in [3.8, 4) is 11.4 Å². The first-order chi connectivity index (χ1) is 9.32. The molecule has 1 aromatic carbocycles. The van der Waals surface area contributed by atoms with Gasteiger partial charge >= 0.3 is 0 Å². The highest BCUT2D eigenvalue weighted by Crippen LogP contribution is 2.26. The fraction of sp³-hybridized carbons (Fsp3) is 0.375. The molecule has 106 valence electrons. The first-order valence-corrected chi connectivity index (χ1v) is 7.73. The Bertz CT molecular complexity index is 613. The minimum absolute atomic E-state index is 0.164. The molecule has 0 aliphatic heterocycles. The van der Waals surface area contributed by atoms with Gasteiger partial charge in [-0.1, -0.05) is 45.0 Å². The number of benzene rings is 1. The SMILES string of the molecule is CNc1nc(-c2ccc(C(C)(C)C)cc2)nc(C)c1I. The number of hydrogen-bond donors (Lipinski definition) is 1. The van der Waals surface area contributed by atoms with Crippen LogP contribution in [0.2, 0.25) is 0 Å². The Morgan fingerprint density at radius 2 is 1.65 bits per heavy atom. The lowest BCUT2D eigenvalue weighted by atomic mass is 9.87. The molecule has 0 aliphatic carbocycles. The van der Waals surface area contributed by atoms with Gasteiger partial charge in [-0.25, -0.2) is 9.97 Å². The number of hydrogen-bond acceptors (Lipinski definition) is 3. The Kier molecular flexibility index (Phi) is 4.32. The molecule has 0 atom stereocenters. The lowest BCUT2D eigenvalue weighted by Gasteiger charge is -2.19. The van der Waals surface area contributed by atoms with Gasteiger partial charge in [0.1, 0.15) is 5.82 Å². The molecular formula is C16H20IN3. The maximum atomic E-state index is 4.58. The fourth-order valence-electron chi connectivity index (χ4n) is 1.97. The number of anilines is 1. The Morgan fingerprint density at radius 1 is 1.05 bits per heavy atom. The van der Waals surface area contributed by atoms with E-state index >= 15 is 0 Å². The molecule has 0 aliphatic rings. The van der Waals surface area contributed by atoms with Gasteiger partial charge in [0.15, 0.2) is 5.82 Å². The monoisotopic (exact) mass is 381 g/mol. The molecular weight excluding hydrogens is 361 g/mol. The van der Waals surface area contributed by atoms with E-state index in [0.29, 0.717) is 0 Å². The summed E-state index contributed by atoms with van der Waals surface area (Å²) in [5.74, 6) is 1.65. The average molecular weight is 381 g/mol. The number of aryl methyl sites for hydroxylation is 1. The van der Waals surface area contributed by atoms with E-state index in [9.17, 15) is 0 Å². The molecule has 0 radical (unpaired) electrons. The Labute approximate surface area is 134 Å². The Balaban J connectivity index is 2.44. The van der Waals surface area contributed by atoms with E-state index in [4.69, 9.17) is 0 Å². The van der Waals surface area contributed by atoms with Crippen molar-refractivity contribution < 1.29 is 0 Å². The van der Waals surface area contributed by atoms with Crippen LogP contribution in [0.5, 0.6) is 0 Å². The molecule has 0 amide bonds. The highest BCUT2D eigenvalue weighted by atomic mass is 127. The fourth-order valence-corrected chi connectivity index (χ4v) is 2.48. The normalized spacial score (nSPS) is 11.5. The van der Waals surface area contributed by atoms with E-state index in [1.54, 1.807) is 0 Å². The predicted octanol–water partition coefficient (Wildman–Crippen LogP) is 4.40. The minimum Gasteiger partial charge on any atom is -0.372 e. The molecule has 3 nitrogen and oxygen atoms in total. The molecule has 0 saturated heterocycles. The largest absolute Gasteiger partial charge is 0.372 e. The summed E-state index contributed by atoms with van der Waals surface area (Å²) in [5.41, 5.74) is 3.53. The minimum atomic E-state index is 0.164. The van der Waals surface area contributed by atoms with E-state index in [-0.39, 0.29) is 5.41 Å². The first kappa shape index (κ1) is 15.2. The Morgan fingerprint density at radius 3 is 2.15 bits per heavy atom. The van der Waals surface area contributed by atoms with Gasteiger partial charge in [-0.05, 0) is 40.5 Å². The molecule has 1 heterocycles. The molecule has 0 spiro atoms. The van der Waals surface area contributed by atoms with Crippen LogP contribution in [0.3, 0.4) is 0 Å². The molecule has 2 aromatic rings. The third-order valence-electron chi connectivity index (χ3n) is 3.26. The van der Waals surface area contributed by atoms with E-state index in [0.717, 1.165) is 26.5 Å². The van der Waals surface area contributed by atoms with Crippen molar-refractivity contribution in [3.05, 3.63) is 39.1 Å². The van der Waals surface area contributed by atoms with Crippen LogP contribution in [0.25, 0.3) is 11.4 Å². The molecule has 2 rings (SSSR count). The number of halogens is 1. The molecule has 4 heteroatoms. The predicted molar refractivity (Wildman–Crippen MR) is 93.2 cm³/mol. The zero-order valence-corrected chi connectivity index (χ0v) is 14.7.